The molecule has 2 atom stereocenters. The molecule has 2 N–H and O–H groups in total. The van der Waals surface area contributed by atoms with Crippen molar-refractivity contribution in [2.24, 2.45) is 11.3 Å². The van der Waals surface area contributed by atoms with Gasteiger partial charge in [0.1, 0.15) is 12.1 Å². The molecule has 10 heteroatoms. The fourth-order valence-corrected chi connectivity index (χ4v) is 6.06. The van der Waals surface area contributed by atoms with Gasteiger partial charge in [-0.25, -0.2) is 4.79 Å². The van der Waals surface area contributed by atoms with Crippen LogP contribution in [0.5, 0.6) is 0 Å². The Morgan fingerprint density at radius 3 is 2.78 bits per heavy atom. The van der Waals surface area contributed by atoms with Gasteiger partial charge in [0.15, 0.2) is 4.34 Å². The summed E-state index contributed by atoms with van der Waals surface area (Å²) < 4.78 is 0.764. The number of hydrogen-bond donors (Lipinski definition) is 2. The molecule has 0 radical (unpaired) electrons. The molecule has 1 aliphatic heterocycles. The number of aromatic nitrogens is 2. The Balaban J connectivity index is 1.67. The molecule has 1 aromatic rings. The minimum Gasteiger partial charge on any atom is -0.323 e. The maximum absolute atomic E-state index is 13.0. The standard InChI is InChI=1S/C17H25N5O3S2/c1-5-26-15-21-20-13(27-15)18-11(23)8-22-12(24)17(19-14(22)25)7-10(2)6-16(3,4)9-17/h10H,5-9H2,1-4H3,(H,19,25)(H,18,20,23). The van der Waals surface area contributed by atoms with Crippen molar-refractivity contribution in [1.29, 1.82) is 0 Å². The van der Waals surface area contributed by atoms with Crippen molar-refractivity contribution in [1.82, 2.24) is 20.4 Å². The van der Waals surface area contributed by atoms with E-state index in [1.165, 1.54) is 23.1 Å². The smallest absolute Gasteiger partial charge is 0.323 e. The average molecular weight is 412 g/mol. The molecule has 1 aromatic heterocycles. The van der Waals surface area contributed by atoms with E-state index in [4.69, 9.17) is 0 Å². The van der Waals surface area contributed by atoms with Crippen molar-refractivity contribution in [2.75, 3.05) is 17.6 Å². The quantitative estimate of drug-likeness (QED) is 0.439. The van der Waals surface area contributed by atoms with Gasteiger partial charge in [-0.15, -0.1) is 10.2 Å². The van der Waals surface area contributed by atoms with Crippen molar-refractivity contribution < 1.29 is 14.4 Å². The van der Waals surface area contributed by atoms with E-state index in [9.17, 15) is 14.4 Å². The second-order valence-electron chi connectivity index (χ2n) is 8.11. The Morgan fingerprint density at radius 2 is 2.11 bits per heavy atom. The molecule has 27 heavy (non-hydrogen) atoms. The number of hydrogen-bond acceptors (Lipinski definition) is 7. The normalized spacial score (nSPS) is 27.1. The fraction of sp³-hybridized carbons (Fsp3) is 0.706. The number of rotatable bonds is 5. The highest BCUT2D eigenvalue weighted by molar-refractivity contribution is 8.01. The van der Waals surface area contributed by atoms with Crippen molar-refractivity contribution in [3.05, 3.63) is 0 Å². The molecule has 0 aromatic carbocycles. The molecule has 3 rings (SSSR count). The molecular weight excluding hydrogens is 386 g/mol. The summed E-state index contributed by atoms with van der Waals surface area (Å²) in [5, 5.41) is 13.7. The van der Waals surface area contributed by atoms with E-state index in [1.54, 1.807) is 0 Å². The van der Waals surface area contributed by atoms with Gasteiger partial charge in [-0.3, -0.25) is 19.8 Å². The SMILES string of the molecule is CCSc1nnc(NC(=O)CN2C(=O)NC3(CC(C)CC(C)(C)C3)C2=O)s1. The van der Waals surface area contributed by atoms with Gasteiger partial charge in [0, 0.05) is 0 Å². The Bertz CT molecular complexity index is 766. The Morgan fingerprint density at radius 1 is 1.37 bits per heavy atom. The van der Waals surface area contributed by atoms with Crippen LogP contribution >= 0.6 is 23.1 Å². The number of imide groups is 1. The van der Waals surface area contributed by atoms with Crippen LogP contribution in [0.2, 0.25) is 0 Å². The Kier molecular flexibility index (Phi) is 5.49. The minimum atomic E-state index is -0.897. The number of carbonyl (C=O) groups excluding carboxylic acids is 3. The van der Waals surface area contributed by atoms with Gasteiger partial charge in [0.05, 0.1) is 0 Å². The molecule has 2 fully saturated rings. The average Bonchev–Trinajstić information content (AvgIpc) is 3.04. The zero-order valence-corrected chi connectivity index (χ0v) is 17.6. The first-order valence-corrected chi connectivity index (χ1v) is 10.8. The highest BCUT2D eigenvalue weighted by atomic mass is 32.2. The molecule has 2 heterocycles. The lowest BCUT2D eigenvalue weighted by atomic mass is 9.64. The van der Waals surface area contributed by atoms with Crippen molar-refractivity contribution in [3.8, 4) is 0 Å². The molecule has 0 bridgehead atoms. The van der Waals surface area contributed by atoms with Crippen LogP contribution in [0.3, 0.4) is 0 Å². The summed E-state index contributed by atoms with van der Waals surface area (Å²) in [6.07, 6.45) is 2.20. The third-order valence-electron chi connectivity index (χ3n) is 4.85. The zero-order chi connectivity index (χ0) is 19.8. The third-order valence-corrected chi connectivity index (χ3v) is 6.70. The lowest BCUT2D eigenvalue weighted by Crippen LogP contribution is -2.54. The first kappa shape index (κ1) is 20.1. The van der Waals surface area contributed by atoms with E-state index < -0.39 is 17.5 Å². The topological polar surface area (TPSA) is 104 Å². The highest BCUT2D eigenvalue weighted by Gasteiger charge is 2.56. The van der Waals surface area contributed by atoms with E-state index >= 15 is 0 Å². The third kappa shape index (κ3) is 4.26. The molecule has 1 spiro atoms. The number of carbonyl (C=O) groups is 3. The number of nitrogens with one attached hydrogen (secondary N) is 2. The summed E-state index contributed by atoms with van der Waals surface area (Å²) in [6, 6.07) is -0.500. The molecule has 4 amide bonds. The highest BCUT2D eigenvalue weighted by Crippen LogP contribution is 2.46. The Hall–Kier alpha value is -1.68. The Labute approximate surface area is 166 Å². The second-order valence-corrected chi connectivity index (χ2v) is 10.6. The molecule has 148 valence electrons. The van der Waals surface area contributed by atoms with Crippen LogP contribution in [0.4, 0.5) is 9.93 Å². The summed E-state index contributed by atoms with van der Waals surface area (Å²) in [7, 11) is 0. The number of thioether (sulfide) groups is 1. The summed E-state index contributed by atoms with van der Waals surface area (Å²) in [4.78, 5) is 38.8. The predicted octanol–water partition coefficient (Wildman–Crippen LogP) is 2.73. The van der Waals surface area contributed by atoms with E-state index in [0.717, 1.165) is 21.4 Å². The van der Waals surface area contributed by atoms with Crippen LogP contribution in [0, 0.1) is 11.3 Å². The fourth-order valence-electron chi connectivity index (χ4n) is 4.39. The van der Waals surface area contributed by atoms with Gasteiger partial charge < -0.3 is 5.32 Å². The predicted molar refractivity (Wildman–Crippen MR) is 105 cm³/mol. The lowest BCUT2D eigenvalue weighted by Gasteiger charge is -2.43. The zero-order valence-electron chi connectivity index (χ0n) is 16.0. The van der Waals surface area contributed by atoms with E-state index in [2.05, 4.69) is 41.6 Å². The van der Waals surface area contributed by atoms with E-state index in [-0.39, 0.29) is 17.9 Å². The van der Waals surface area contributed by atoms with Gasteiger partial charge >= 0.3 is 6.03 Å². The maximum atomic E-state index is 13.0. The minimum absolute atomic E-state index is 0.0429. The second kappa shape index (κ2) is 7.38. The number of urea groups is 1. The molecule has 1 saturated carbocycles. The number of nitrogens with zero attached hydrogens (tertiary/aromatic N) is 3. The summed E-state index contributed by atoms with van der Waals surface area (Å²) in [5.41, 5.74) is -0.940. The van der Waals surface area contributed by atoms with Gasteiger partial charge in [0.25, 0.3) is 5.91 Å². The number of amides is 4. The maximum Gasteiger partial charge on any atom is 0.325 e. The molecule has 8 nitrogen and oxygen atoms in total. The first-order valence-electron chi connectivity index (χ1n) is 9.04. The lowest BCUT2D eigenvalue weighted by molar-refractivity contribution is -0.136. The van der Waals surface area contributed by atoms with Crippen molar-refractivity contribution in [3.63, 3.8) is 0 Å². The van der Waals surface area contributed by atoms with Gasteiger partial charge in [-0.2, -0.15) is 0 Å². The molecule has 1 saturated heterocycles. The van der Waals surface area contributed by atoms with Crippen LogP contribution < -0.4 is 10.6 Å². The van der Waals surface area contributed by atoms with Crippen molar-refractivity contribution in [2.45, 2.75) is 56.8 Å². The van der Waals surface area contributed by atoms with Crippen molar-refractivity contribution >= 4 is 46.1 Å². The van der Waals surface area contributed by atoms with Crippen LogP contribution in [-0.4, -0.2) is 50.8 Å². The molecular formula is C17H25N5O3S2. The van der Waals surface area contributed by atoms with Gasteiger partial charge in [-0.05, 0) is 36.3 Å². The van der Waals surface area contributed by atoms with E-state index in [1.807, 2.05) is 6.92 Å². The van der Waals surface area contributed by atoms with Crippen LogP contribution in [0.15, 0.2) is 4.34 Å². The summed E-state index contributed by atoms with van der Waals surface area (Å²) in [6.45, 7) is 8.00. The monoisotopic (exact) mass is 411 g/mol. The molecule has 2 unspecified atom stereocenters. The van der Waals surface area contributed by atoms with Gasteiger partial charge in [0.2, 0.25) is 11.0 Å². The molecule has 1 aliphatic carbocycles. The molecule has 2 aliphatic rings. The van der Waals surface area contributed by atoms with Crippen LogP contribution in [0.25, 0.3) is 0 Å². The largest absolute Gasteiger partial charge is 0.325 e. The first-order chi connectivity index (χ1) is 12.6. The summed E-state index contributed by atoms with van der Waals surface area (Å²) >= 11 is 2.81. The number of anilines is 1. The van der Waals surface area contributed by atoms with Gasteiger partial charge in [-0.1, -0.05) is 50.8 Å². The van der Waals surface area contributed by atoms with Crippen LogP contribution in [-0.2, 0) is 9.59 Å². The van der Waals surface area contributed by atoms with Crippen LogP contribution in [0.1, 0.15) is 47.0 Å². The van der Waals surface area contributed by atoms with E-state index in [0.29, 0.717) is 23.9 Å². The summed E-state index contributed by atoms with van der Waals surface area (Å²) in [5.74, 6) is 0.425.